The quantitative estimate of drug-likeness (QED) is 0.718. The Hall–Kier alpha value is -1.76. The molecule has 1 atom stereocenters. The Morgan fingerprint density at radius 1 is 1.07 bits per heavy atom. The van der Waals surface area contributed by atoms with Gasteiger partial charge in [0.15, 0.2) is 0 Å². The molecule has 0 aromatic heterocycles. The van der Waals surface area contributed by atoms with E-state index in [0.717, 1.165) is 36.9 Å². The molecule has 2 aromatic rings. The number of rotatable bonds is 5. The van der Waals surface area contributed by atoms with E-state index in [9.17, 15) is 4.79 Å². The van der Waals surface area contributed by atoms with Crippen LogP contribution in [0.2, 0.25) is 0 Å². The van der Waals surface area contributed by atoms with E-state index in [1.807, 2.05) is 11.8 Å². The second-order valence-electron chi connectivity index (χ2n) is 7.30. The highest BCUT2D eigenvalue weighted by atomic mass is 79.9. The molecular formula is C22H24BrN3OS. The average molecular weight is 458 g/mol. The largest absolute Gasteiger partial charge is 0.369 e. The number of carbonyl (C=O) groups excluding carboxylic acids is 1. The molecule has 2 heterocycles. The lowest BCUT2D eigenvalue weighted by molar-refractivity contribution is -0.123. The lowest BCUT2D eigenvalue weighted by atomic mass is 9.96. The predicted molar refractivity (Wildman–Crippen MR) is 119 cm³/mol. The van der Waals surface area contributed by atoms with Gasteiger partial charge in [-0.05, 0) is 41.5 Å². The number of halogens is 1. The molecule has 4 nitrogen and oxygen atoms in total. The molecule has 146 valence electrons. The molecule has 0 saturated carbocycles. The summed E-state index contributed by atoms with van der Waals surface area (Å²) >= 11 is 5.39. The van der Waals surface area contributed by atoms with E-state index in [0.29, 0.717) is 0 Å². The van der Waals surface area contributed by atoms with Gasteiger partial charge < -0.3 is 10.6 Å². The van der Waals surface area contributed by atoms with Crippen molar-refractivity contribution in [2.24, 2.45) is 11.7 Å². The summed E-state index contributed by atoms with van der Waals surface area (Å²) in [5.41, 5.74) is 9.53. The molecule has 1 amide bonds. The number of nitrogens with two attached hydrogens (primary N) is 1. The SMILES string of the molecule is NC(=O)C1CCN(C2SC=C(c3ccc(Br)cc3)N2Cc2ccccc2)CC1. The summed E-state index contributed by atoms with van der Waals surface area (Å²) in [6, 6.07) is 19.1. The number of benzene rings is 2. The van der Waals surface area contributed by atoms with Gasteiger partial charge in [-0.3, -0.25) is 9.69 Å². The Morgan fingerprint density at radius 3 is 2.39 bits per heavy atom. The Kier molecular flexibility index (Phi) is 6.09. The van der Waals surface area contributed by atoms with Gasteiger partial charge in [-0.25, -0.2) is 0 Å². The van der Waals surface area contributed by atoms with Gasteiger partial charge in [0.25, 0.3) is 0 Å². The Bertz CT molecular complexity index is 848. The minimum absolute atomic E-state index is 0.0177. The number of nitrogens with zero attached hydrogens (tertiary/aromatic N) is 2. The summed E-state index contributed by atoms with van der Waals surface area (Å²) < 4.78 is 1.09. The number of piperidine rings is 1. The maximum atomic E-state index is 11.5. The summed E-state index contributed by atoms with van der Waals surface area (Å²) in [7, 11) is 0. The third kappa shape index (κ3) is 4.29. The van der Waals surface area contributed by atoms with E-state index >= 15 is 0 Å². The predicted octanol–water partition coefficient (Wildman–Crippen LogP) is 4.48. The molecular weight excluding hydrogens is 434 g/mol. The van der Waals surface area contributed by atoms with Gasteiger partial charge in [0.1, 0.15) is 5.50 Å². The fourth-order valence-electron chi connectivity index (χ4n) is 3.87. The van der Waals surface area contributed by atoms with Crippen LogP contribution < -0.4 is 5.73 Å². The number of likely N-dealkylation sites (tertiary alicyclic amines) is 1. The standard InChI is InChI=1S/C22H24BrN3OS/c23-19-8-6-17(7-9-19)20-15-28-22(25-12-10-18(11-13-25)21(24)27)26(20)14-16-4-2-1-3-5-16/h1-9,15,18,22H,10-14H2,(H2,24,27). The normalized spacial score (nSPS) is 21.0. The van der Waals surface area contributed by atoms with E-state index in [2.05, 4.69) is 85.7 Å². The Balaban J connectivity index is 1.56. The summed E-state index contributed by atoms with van der Waals surface area (Å²) in [4.78, 5) is 16.5. The number of thioether (sulfide) groups is 1. The first-order valence-electron chi connectivity index (χ1n) is 9.57. The number of carbonyl (C=O) groups is 1. The number of hydrogen-bond donors (Lipinski definition) is 1. The first-order valence-corrected chi connectivity index (χ1v) is 11.3. The van der Waals surface area contributed by atoms with Crippen LogP contribution in [0, 0.1) is 5.92 Å². The van der Waals surface area contributed by atoms with Crippen molar-refractivity contribution in [3.63, 3.8) is 0 Å². The van der Waals surface area contributed by atoms with E-state index in [4.69, 9.17) is 5.73 Å². The highest BCUT2D eigenvalue weighted by molar-refractivity contribution is 9.10. The highest BCUT2D eigenvalue weighted by Crippen LogP contribution is 2.41. The van der Waals surface area contributed by atoms with Crippen LogP contribution >= 0.6 is 27.7 Å². The van der Waals surface area contributed by atoms with Crippen molar-refractivity contribution in [1.82, 2.24) is 9.80 Å². The molecule has 2 N–H and O–H groups in total. The van der Waals surface area contributed by atoms with Gasteiger partial charge in [0.05, 0.1) is 5.70 Å². The van der Waals surface area contributed by atoms with Gasteiger partial charge in [0.2, 0.25) is 5.91 Å². The van der Waals surface area contributed by atoms with Crippen molar-refractivity contribution >= 4 is 39.3 Å². The molecule has 28 heavy (non-hydrogen) atoms. The van der Waals surface area contributed by atoms with Crippen molar-refractivity contribution in [2.45, 2.75) is 24.9 Å². The molecule has 4 rings (SSSR count). The molecule has 1 unspecified atom stereocenters. The molecule has 2 aromatic carbocycles. The van der Waals surface area contributed by atoms with Crippen molar-refractivity contribution in [3.05, 3.63) is 75.6 Å². The van der Waals surface area contributed by atoms with Crippen LogP contribution in [-0.2, 0) is 11.3 Å². The molecule has 1 saturated heterocycles. The smallest absolute Gasteiger partial charge is 0.220 e. The zero-order valence-electron chi connectivity index (χ0n) is 15.6. The fourth-order valence-corrected chi connectivity index (χ4v) is 5.38. The fraction of sp³-hybridized carbons (Fsp3) is 0.318. The Labute approximate surface area is 178 Å². The van der Waals surface area contributed by atoms with Gasteiger partial charge in [0, 0.05) is 30.0 Å². The lowest BCUT2D eigenvalue weighted by Gasteiger charge is -2.40. The number of amides is 1. The van der Waals surface area contributed by atoms with Crippen molar-refractivity contribution in [2.75, 3.05) is 13.1 Å². The number of hydrogen-bond acceptors (Lipinski definition) is 4. The first kappa shape index (κ1) is 19.6. The number of primary amides is 1. The van der Waals surface area contributed by atoms with Crippen LogP contribution in [0.1, 0.15) is 24.0 Å². The third-order valence-electron chi connectivity index (χ3n) is 5.46. The zero-order valence-corrected chi connectivity index (χ0v) is 18.0. The molecule has 2 aliphatic rings. The minimum Gasteiger partial charge on any atom is -0.369 e. The molecule has 0 spiro atoms. The van der Waals surface area contributed by atoms with Crippen LogP contribution in [0.5, 0.6) is 0 Å². The average Bonchev–Trinajstić information content (AvgIpc) is 3.13. The van der Waals surface area contributed by atoms with Crippen LogP contribution in [0.4, 0.5) is 0 Å². The van der Waals surface area contributed by atoms with E-state index < -0.39 is 0 Å². The zero-order chi connectivity index (χ0) is 19.5. The first-order chi connectivity index (χ1) is 13.6. The van der Waals surface area contributed by atoms with Crippen LogP contribution in [0.3, 0.4) is 0 Å². The minimum atomic E-state index is -0.159. The maximum Gasteiger partial charge on any atom is 0.220 e. The summed E-state index contributed by atoms with van der Waals surface area (Å²) in [5.74, 6) is -0.141. The maximum absolute atomic E-state index is 11.5. The molecule has 2 aliphatic heterocycles. The van der Waals surface area contributed by atoms with E-state index in [1.165, 1.54) is 16.8 Å². The van der Waals surface area contributed by atoms with Gasteiger partial charge >= 0.3 is 0 Å². The molecule has 0 bridgehead atoms. The summed E-state index contributed by atoms with van der Waals surface area (Å²) in [6.07, 6.45) is 1.69. The summed E-state index contributed by atoms with van der Waals surface area (Å²) in [5, 5.41) is 2.27. The van der Waals surface area contributed by atoms with Crippen molar-refractivity contribution < 1.29 is 4.79 Å². The second kappa shape index (κ2) is 8.72. The highest BCUT2D eigenvalue weighted by Gasteiger charge is 2.35. The van der Waals surface area contributed by atoms with E-state index in [-0.39, 0.29) is 17.3 Å². The summed E-state index contributed by atoms with van der Waals surface area (Å²) in [6.45, 7) is 2.66. The Morgan fingerprint density at radius 2 is 1.75 bits per heavy atom. The van der Waals surface area contributed by atoms with E-state index in [1.54, 1.807) is 0 Å². The topological polar surface area (TPSA) is 49.6 Å². The van der Waals surface area contributed by atoms with Crippen LogP contribution in [0.25, 0.3) is 5.70 Å². The van der Waals surface area contributed by atoms with Crippen molar-refractivity contribution in [1.29, 1.82) is 0 Å². The second-order valence-corrected chi connectivity index (χ2v) is 9.14. The van der Waals surface area contributed by atoms with Crippen LogP contribution in [0.15, 0.2) is 64.5 Å². The molecule has 0 radical (unpaired) electrons. The molecule has 6 heteroatoms. The molecule has 0 aliphatic carbocycles. The van der Waals surface area contributed by atoms with Gasteiger partial charge in [-0.15, -0.1) is 0 Å². The monoisotopic (exact) mass is 457 g/mol. The molecule has 1 fully saturated rings. The van der Waals surface area contributed by atoms with Crippen LogP contribution in [-0.4, -0.2) is 34.3 Å². The third-order valence-corrected chi connectivity index (χ3v) is 7.14. The lowest BCUT2D eigenvalue weighted by Crippen LogP contribution is -2.48. The van der Waals surface area contributed by atoms with Gasteiger partial charge in [-0.1, -0.05) is 70.2 Å². The van der Waals surface area contributed by atoms with Crippen molar-refractivity contribution in [3.8, 4) is 0 Å². The van der Waals surface area contributed by atoms with Gasteiger partial charge in [-0.2, -0.15) is 0 Å².